The molecule has 0 bridgehead atoms. The van der Waals surface area contributed by atoms with Gasteiger partial charge in [0.1, 0.15) is 12.2 Å². The summed E-state index contributed by atoms with van der Waals surface area (Å²) >= 11 is 1.24. The minimum absolute atomic E-state index is 0.0334. The van der Waals surface area contributed by atoms with E-state index in [1.165, 1.54) is 11.8 Å². The van der Waals surface area contributed by atoms with Crippen LogP contribution in [0.4, 0.5) is 0 Å². The van der Waals surface area contributed by atoms with Crippen LogP contribution in [0.1, 0.15) is 53.2 Å². The number of carbonyl (C=O) groups excluding carboxylic acids is 1. The maximum Gasteiger partial charge on any atom is 0.220 e. The Balaban J connectivity index is 3.15. The summed E-state index contributed by atoms with van der Waals surface area (Å²) in [4.78, 5) is 12.9. The third kappa shape index (κ3) is 6.03. The van der Waals surface area contributed by atoms with Gasteiger partial charge in [0.25, 0.3) is 0 Å². The number of carbonyl (C=O) groups is 1. The highest BCUT2D eigenvalue weighted by atomic mass is 32.2. The van der Waals surface area contributed by atoms with Gasteiger partial charge >= 0.3 is 0 Å². The van der Waals surface area contributed by atoms with Crippen LogP contribution in [0.25, 0.3) is 0 Å². The van der Waals surface area contributed by atoms with Crippen molar-refractivity contribution in [1.82, 2.24) is 0 Å². The topological polar surface area (TPSA) is 46.5 Å². The molecule has 0 aliphatic rings. The van der Waals surface area contributed by atoms with E-state index in [9.17, 15) is 9.90 Å². The van der Waals surface area contributed by atoms with Crippen molar-refractivity contribution >= 4 is 25.2 Å². The second-order valence-electron chi connectivity index (χ2n) is 8.69. The van der Waals surface area contributed by atoms with Gasteiger partial charge in [-0.3, -0.25) is 4.79 Å². The summed E-state index contributed by atoms with van der Waals surface area (Å²) in [7, 11) is -2.20. The van der Waals surface area contributed by atoms with E-state index in [4.69, 9.17) is 4.43 Å². The molecule has 0 fully saturated rings. The molecule has 3 nitrogen and oxygen atoms in total. The molecule has 0 aromatic heterocycles. The van der Waals surface area contributed by atoms with Crippen molar-refractivity contribution in [2.24, 2.45) is 0 Å². The highest BCUT2D eigenvalue weighted by molar-refractivity contribution is 8.14. The molecule has 2 atom stereocenters. The predicted octanol–water partition coefficient (Wildman–Crippen LogP) is 5.17. The summed E-state index contributed by atoms with van der Waals surface area (Å²) in [6, 6.07) is 9.29. The Hall–Kier alpha value is -0.623. The zero-order chi connectivity index (χ0) is 18.8. The SMILES string of the molecule is CC(C)(C)SC(=O)[C@@H](O[Si](C)(C)C(C)(C)C)[C@@H](O)c1ccccc1. The molecule has 0 amide bonds. The minimum atomic E-state index is -2.20. The van der Waals surface area contributed by atoms with Gasteiger partial charge in [-0.25, -0.2) is 0 Å². The molecule has 5 heteroatoms. The summed E-state index contributed by atoms with van der Waals surface area (Å²) in [5, 5.41) is 10.7. The number of thioether (sulfide) groups is 1. The van der Waals surface area contributed by atoms with E-state index in [0.29, 0.717) is 5.56 Å². The van der Waals surface area contributed by atoms with E-state index in [1.54, 1.807) is 0 Å². The standard InChI is InChI=1S/C19H32O3SSi/c1-18(2,3)23-17(21)16(22-24(7,8)19(4,5)6)15(20)14-12-10-9-11-13-14/h9-13,15-16,20H,1-8H3/t15-,16-/m0/s1. The van der Waals surface area contributed by atoms with Gasteiger partial charge in [-0.05, 0) is 23.7 Å². The van der Waals surface area contributed by atoms with Gasteiger partial charge in [0, 0.05) is 4.75 Å². The zero-order valence-corrected chi connectivity index (χ0v) is 18.0. The van der Waals surface area contributed by atoms with Crippen LogP contribution in [0.5, 0.6) is 0 Å². The second-order valence-corrected chi connectivity index (χ2v) is 15.3. The molecule has 1 N–H and O–H groups in total. The molecule has 0 aliphatic heterocycles. The number of aliphatic hydroxyl groups excluding tert-OH is 1. The molecule has 1 rings (SSSR count). The first kappa shape index (κ1) is 21.4. The highest BCUT2D eigenvalue weighted by Gasteiger charge is 2.43. The van der Waals surface area contributed by atoms with Crippen molar-refractivity contribution in [3.63, 3.8) is 0 Å². The number of benzene rings is 1. The maximum absolute atomic E-state index is 12.9. The monoisotopic (exact) mass is 368 g/mol. The molecule has 24 heavy (non-hydrogen) atoms. The lowest BCUT2D eigenvalue weighted by Crippen LogP contribution is -2.47. The molecule has 136 valence electrons. The Labute approximate surface area is 152 Å². The van der Waals surface area contributed by atoms with Gasteiger partial charge < -0.3 is 9.53 Å². The Morgan fingerprint density at radius 1 is 1.08 bits per heavy atom. The van der Waals surface area contributed by atoms with Crippen molar-refractivity contribution in [1.29, 1.82) is 0 Å². The fraction of sp³-hybridized carbons (Fsp3) is 0.632. The van der Waals surface area contributed by atoms with Crippen LogP contribution in [-0.2, 0) is 9.22 Å². The Morgan fingerprint density at radius 3 is 2.00 bits per heavy atom. The number of rotatable bonds is 5. The fourth-order valence-electron chi connectivity index (χ4n) is 1.92. The summed E-state index contributed by atoms with van der Waals surface area (Å²) < 4.78 is 6.13. The molecule has 1 aromatic rings. The third-order valence-corrected chi connectivity index (χ3v) is 9.80. The quantitative estimate of drug-likeness (QED) is 0.728. The summed E-state index contributed by atoms with van der Waals surface area (Å²) in [6.07, 6.45) is -1.81. The minimum Gasteiger partial charge on any atom is -0.403 e. The van der Waals surface area contributed by atoms with E-state index < -0.39 is 20.5 Å². The molecule has 0 heterocycles. The van der Waals surface area contributed by atoms with Gasteiger partial charge in [-0.1, -0.05) is 83.6 Å². The molecule has 0 spiro atoms. The van der Waals surface area contributed by atoms with Gasteiger partial charge in [0.05, 0.1) is 0 Å². The van der Waals surface area contributed by atoms with Crippen LogP contribution < -0.4 is 0 Å². The lowest BCUT2D eigenvalue weighted by atomic mass is 10.1. The molecule has 0 saturated carbocycles. The highest BCUT2D eigenvalue weighted by Crippen LogP contribution is 2.40. The van der Waals surface area contributed by atoms with E-state index in [1.807, 2.05) is 51.1 Å². The van der Waals surface area contributed by atoms with Crippen molar-refractivity contribution < 1.29 is 14.3 Å². The van der Waals surface area contributed by atoms with Crippen LogP contribution >= 0.6 is 11.8 Å². The third-order valence-electron chi connectivity index (χ3n) is 4.29. The summed E-state index contributed by atoms with van der Waals surface area (Å²) in [5.41, 5.74) is 0.712. The largest absolute Gasteiger partial charge is 0.403 e. The Morgan fingerprint density at radius 2 is 1.58 bits per heavy atom. The molecule has 0 saturated heterocycles. The first-order valence-corrected chi connectivity index (χ1v) is 12.1. The van der Waals surface area contributed by atoms with E-state index >= 15 is 0 Å². The molecule has 0 aliphatic carbocycles. The van der Waals surface area contributed by atoms with Crippen LogP contribution in [-0.4, -0.2) is 29.4 Å². The molecular formula is C19H32O3SSi. The average Bonchev–Trinajstić information content (AvgIpc) is 2.42. The molecule has 0 unspecified atom stereocenters. The number of hydrogen-bond acceptors (Lipinski definition) is 4. The second kappa shape index (κ2) is 7.73. The molecule has 1 aromatic carbocycles. The van der Waals surface area contributed by atoms with E-state index in [0.717, 1.165) is 0 Å². The number of hydrogen-bond donors (Lipinski definition) is 1. The smallest absolute Gasteiger partial charge is 0.220 e. The van der Waals surface area contributed by atoms with Crippen molar-refractivity contribution in [2.45, 2.75) is 76.6 Å². The summed E-state index contributed by atoms with van der Waals surface area (Å²) in [6.45, 7) is 16.6. The van der Waals surface area contributed by atoms with Gasteiger partial charge in [-0.2, -0.15) is 0 Å². The molecular weight excluding hydrogens is 336 g/mol. The first-order chi connectivity index (χ1) is 10.7. The summed E-state index contributed by atoms with van der Waals surface area (Å²) in [5.74, 6) is 0. The van der Waals surface area contributed by atoms with Crippen LogP contribution in [0.2, 0.25) is 18.1 Å². The van der Waals surface area contributed by atoms with Gasteiger partial charge in [0.2, 0.25) is 5.12 Å². The first-order valence-electron chi connectivity index (χ1n) is 8.38. The van der Waals surface area contributed by atoms with Crippen molar-refractivity contribution in [2.75, 3.05) is 0 Å². The van der Waals surface area contributed by atoms with Crippen molar-refractivity contribution in [3.8, 4) is 0 Å². The zero-order valence-electron chi connectivity index (χ0n) is 16.2. The number of aliphatic hydroxyl groups is 1. The molecule has 0 radical (unpaired) electrons. The van der Waals surface area contributed by atoms with Crippen LogP contribution in [0, 0.1) is 0 Å². The average molecular weight is 369 g/mol. The fourth-order valence-corrected chi connectivity index (χ4v) is 4.13. The van der Waals surface area contributed by atoms with Crippen molar-refractivity contribution in [3.05, 3.63) is 35.9 Å². The van der Waals surface area contributed by atoms with E-state index in [-0.39, 0.29) is 14.9 Å². The Kier molecular flexibility index (Phi) is 6.90. The Bertz CT molecular complexity index is 544. The lowest BCUT2D eigenvalue weighted by Gasteiger charge is -2.40. The normalized spacial score (nSPS) is 15.9. The van der Waals surface area contributed by atoms with Crippen LogP contribution in [0.15, 0.2) is 30.3 Å². The van der Waals surface area contributed by atoms with E-state index in [2.05, 4.69) is 33.9 Å². The maximum atomic E-state index is 12.9. The lowest BCUT2D eigenvalue weighted by molar-refractivity contribution is -0.122. The van der Waals surface area contributed by atoms with Gasteiger partial charge in [-0.15, -0.1) is 0 Å². The predicted molar refractivity (Wildman–Crippen MR) is 106 cm³/mol. The van der Waals surface area contributed by atoms with Gasteiger partial charge in [0.15, 0.2) is 8.32 Å². The van der Waals surface area contributed by atoms with Crippen LogP contribution in [0.3, 0.4) is 0 Å².